The molecule has 1 aliphatic rings. The Morgan fingerprint density at radius 2 is 1.43 bits per heavy atom. The first-order valence-corrected chi connectivity index (χ1v) is 11.9. The molecule has 3 heterocycles. The minimum Gasteiger partial charge on any atom is -0.497 e. The van der Waals surface area contributed by atoms with E-state index in [2.05, 4.69) is 15.2 Å². The quantitative estimate of drug-likeness (QED) is 0.593. The van der Waals surface area contributed by atoms with E-state index < -0.39 is 0 Å². The minimum atomic E-state index is -0.310. The van der Waals surface area contributed by atoms with Crippen molar-refractivity contribution in [1.29, 1.82) is 0 Å². The molecule has 11 nitrogen and oxygen atoms in total. The molecule has 35 heavy (non-hydrogen) atoms. The maximum Gasteiger partial charge on any atom is 0.179 e. The number of fused-ring (bicyclic) bond motifs is 4. The summed E-state index contributed by atoms with van der Waals surface area (Å²) in [6, 6.07) is 7.89. The van der Waals surface area contributed by atoms with E-state index in [9.17, 15) is 0 Å². The lowest BCUT2D eigenvalue weighted by Gasteiger charge is -2.15. The van der Waals surface area contributed by atoms with Gasteiger partial charge in [0.1, 0.15) is 30.2 Å². The molecule has 3 aromatic rings. The predicted molar refractivity (Wildman–Crippen MR) is 126 cm³/mol. The van der Waals surface area contributed by atoms with Crippen LogP contribution < -0.4 is 4.74 Å². The van der Waals surface area contributed by atoms with E-state index in [1.54, 1.807) is 7.11 Å². The summed E-state index contributed by atoms with van der Waals surface area (Å²) in [6.45, 7) is 9.83. The highest BCUT2D eigenvalue weighted by atomic mass is 16.5. The predicted octanol–water partition coefficient (Wildman–Crippen LogP) is 3.48. The van der Waals surface area contributed by atoms with Crippen LogP contribution >= 0.6 is 0 Å². The number of benzene rings is 1. The zero-order valence-electron chi connectivity index (χ0n) is 20.9. The number of hydrogen-bond donors (Lipinski definition) is 1. The number of aromatic amines is 1. The molecular weight excluding hydrogens is 452 g/mol. The summed E-state index contributed by atoms with van der Waals surface area (Å²) in [4.78, 5) is 9.29. The van der Waals surface area contributed by atoms with Crippen molar-refractivity contribution >= 4 is 0 Å². The van der Waals surface area contributed by atoms with E-state index in [1.807, 2.05) is 56.6 Å². The second-order valence-corrected chi connectivity index (χ2v) is 8.46. The molecule has 0 saturated heterocycles. The van der Waals surface area contributed by atoms with Crippen molar-refractivity contribution in [2.75, 3.05) is 33.5 Å². The fraction of sp³-hybridized carbons (Fsp3) is 0.583. The van der Waals surface area contributed by atoms with Gasteiger partial charge in [-0.15, -0.1) is 0 Å². The Labute approximate surface area is 205 Å². The summed E-state index contributed by atoms with van der Waals surface area (Å²) in [7, 11) is 1.65. The third-order valence-electron chi connectivity index (χ3n) is 5.84. The first-order chi connectivity index (χ1) is 16.9. The molecule has 0 fully saturated rings. The van der Waals surface area contributed by atoms with Gasteiger partial charge in [0.05, 0.1) is 40.1 Å². The summed E-state index contributed by atoms with van der Waals surface area (Å²) in [5.41, 5.74) is 1.08. The van der Waals surface area contributed by atoms with Crippen LogP contribution in [0.3, 0.4) is 0 Å². The third kappa shape index (κ3) is 6.43. The standard InChI is InChI=1S/C24H34N6O5/c1-15-21-25-22(28-27-21)16(2)33-12-13-35-18(4)24-26-23(17(3)34-11-10-32-15)29-30(24)14-19-6-8-20(31-5)9-7-19/h6-9,15-18H,10-14H2,1-5H3,(H,25,27,28)/t15-,16-,17-,18-/m0/s1. The van der Waals surface area contributed by atoms with E-state index in [-0.39, 0.29) is 24.4 Å². The topological polar surface area (TPSA) is 118 Å². The van der Waals surface area contributed by atoms with Gasteiger partial charge in [-0.2, -0.15) is 10.2 Å². The normalized spacial score (nSPS) is 24.5. The Kier molecular flexibility index (Phi) is 8.45. The van der Waals surface area contributed by atoms with Crippen molar-refractivity contribution in [3.63, 3.8) is 0 Å². The highest BCUT2D eigenvalue weighted by molar-refractivity contribution is 5.27. The Hall–Kier alpha value is -2.86. The monoisotopic (exact) mass is 486 g/mol. The van der Waals surface area contributed by atoms with Crippen LogP contribution in [-0.2, 0) is 25.5 Å². The van der Waals surface area contributed by atoms with Crippen LogP contribution in [0.1, 0.15) is 81.0 Å². The lowest BCUT2D eigenvalue weighted by molar-refractivity contribution is -0.0216. The first-order valence-electron chi connectivity index (χ1n) is 11.9. The van der Waals surface area contributed by atoms with Gasteiger partial charge in [-0.1, -0.05) is 12.1 Å². The number of nitrogens with one attached hydrogen (secondary N) is 1. The van der Waals surface area contributed by atoms with Gasteiger partial charge in [0.25, 0.3) is 0 Å². The summed E-state index contributed by atoms with van der Waals surface area (Å²) in [5, 5.41) is 11.9. The molecule has 4 rings (SSSR count). The van der Waals surface area contributed by atoms with E-state index in [4.69, 9.17) is 33.8 Å². The number of nitrogens with zero attached hydrogens (tertiary/aromatic N) is 5. The van der Waals surface area contributed by atoms with Crippen molar-refractivity contribution in [2.45, 2.75) is 58.7 Å². The minimum absolute atomic E-state index is 0.254. The number of rotatable bonds is 3. The van der Waals surface area contributed by atoms with Crippen molar-refractivity contribution in [2.24, 2.45) is 0 Å². The molecule has 1 N–H and O–H groups in total. The number of methoxy groups -OCH3 is 1. The summed E-state index contributed by atoms with van der Waals surface area (Å²) in [5.74, 6) is 3.37. The van der Waals surface area contributed by atoms with Gasteiger partial charge < -0.3 is 23.7 Å². The first kappa shape index (κ1) is 25.2. The SMILES string of the molecule is COc1ccc(Cn2nc3nc2[C@H](C)OCCO[C@@H](C)c2nc(n[nH]2)[C@H](C)OCCO[C@H]3C)cc1. The molecule has 2 aromatic heterocycles. The van der Waals surface area contributed by atoms with Gasteiger partial charge in [0.15, 0.2) is 23.3 Å². The second kappa shape index (κ2) is 11.7. The summed E-state index contributed by atoms with van der Waals surface area (Å²) >= 11 is 0. The van der Waals surface area contributed by atoms with Gasteiger partial charge in [-0.05, 0) is 45.4 Å². The van der Waals surface area contributed by atoms with Gasteiger partial charge in [0.2, 0.25) is 0 Å². The van der Waals surface area contributed by atoms with Crippen LogP contribution in [0.4, 0.5) is 0 Å². The van der Waals surface area contributed by atoms with Crippen LogP contribution in [0, 0.1) is 0 Å². The molecule has 0 radical (unpaired) electrons. The lowest BCUT2D eigenvalue weighted by atomic mass is 10.2. The average Bonchev–Trinajstić information content (AvgIpc) is 3.52. The maximum absolute atomic E-state index is 6.06. The molecule has 0 amide bonds. The Morgan fingerprint density at radius 3 is 2.09 bits per heavy atom. The molecule has 190 valence electrons. The molecule has 0 spiro atoms. The molecule has 0 aliphatic carbocycles. The molecule has 1 aliphatic heterocycles. The lowest BCUT2D eigenvalue weighted by Crippen LogP contribution is -2.15. The van der Waals surface area contributed by atoms with Crippen molar-refractivity contribution in [3.8, 4) is 5.75 Å². The Balaban J connectivity index is 1.52. The number of aromatic nitrogens is 6. The van der Waals surface area contributed by atoms with Gasteiger partial charge >= 0.3 is 0 Å². The second-order valence-electron chi connectivity index (χ2n) is 8.46. The fourth-order valence-corrected chi connectivity index (χ4v) is 3.72. The van der Waals surface area contributed by atoms with Crippen molar-refractivity contribution in [3.05, 3.63) is 53.1 Å². The largest absolute Gasteiger partial charge is 0.497 e. The maximum atomic E-state index is 6.06. The molecule has 0 saturated carbocycles. The zero-order valence-corrected chi connectivity index (χ0v) is 20.9. The fourth-order valence-electron chi connectivity index (χ4n) is 3.72. The molecule has 4 atom stereocenters. The van der Waals surface area contributed by atoms with Crippen molar-refractivity contribution in [1.82, 2.24) is 29.9 Å². The van der Waals surface area contributed by atoms with Crippen molar-refractivity contribution < 1.29 is 23.7 Å². The molecule has 11 heteroatoms. The number of hydrogen-bond acceptors (Lipinski definition) is 9. The van der Waals surface area contributed by atoms with Gasteiger partial charge in [0, 0.05) is 0 Å². The smallest absolute Gasteiger partial charge is 0.179 e. The molecule has 1 aromatic carbocycles. The van der Waals surface area contributed by atoms with Crippen LogP contribution in [0.15, 0.2) is 24.3 Å². The summed E-state index contributed by atoms with van der Waals surface area (Å²) in [6.07, 6.45) is -1.13. The van der Waals surface area contributed by atoms with E-state index >= 15 is 0 Å². The van der Waals surface area contributed by atoms with Crippen LogP contribution in [0.25, 0.3) is 0 Å². The summed E-state index contributed by atoms with van der Waals surface area (Å²) < 4.78 is 30.9. The van der Waals surface area contributed by atoms with Crippen LogP contribution in [0.2, 0.25) is 0 Å². The van der Waals surface area contributed by atoms with E-state index in [0.29, 0.717) is 50.4 Å². The Bertz CT molecular complexity index is 1070. The highest BCUT2D eigenvalue weighted by Gasteiger charge is 2.22. The molecule has 4 bridgehead atoms. The van der Waals surface area contributed by atoms with E-state index in [0.717, 1.165) is 17.1 Å². The number of ether oxygens (including phenoxy) is 5. The molecular formula is C24H34N6O5. The van der Waals surface area contributed by atoms with Gasteiger partial charge in [-0.3, -0.25) is 5.10 Å². The molecule has 0 unspecified atom stereocenters. The average molecular weight is 487 g/mol. The Morgan fingerprint density at radius 1 is 0.829 bits per heavy atom. The van der Waals surface area contributed by atoms with Gasteiger partial charge in [-0.25, -0.2) is 14.6 Å². The van der Waals surface area contributed by atoms with E-state index in [1.165, 1.54) is 0 Å². The third-order valence-corrected chi connectivity index (χ3v) is 5.84. The van der Waals surface area contributed by atoms with Crippen LogP contribution in [-0.4, -0.2) is 63.5 Å². The van der Waals surface area contributed by atoms with Crippen LogP contribution in [0.5, 0.6) is 5.75 Å². The number of H-pyrrole nitrogens is 1. The zero-order chi connectivity index (χ0) is 24.8. The highest BCUT2D eigenvalue weighted by Crippen LogP contribution is 2.23.